The Bertz CT molecular complexity index is 309. The lowest BCUT2D eigenvalue weighted by Gasteiger charge is -2.16. The van der Waals surface area contributed by atoms with E-state index in [1.807, 2.05) is 6.07 Å². The molecule has 0 unspecified atom stereocenters. The monoisotopic (exact) mass is 222 g/mol. The summed E-state index contributed by atoms with van der Waals surface area (Å²) in [4.78, 5) is 1.42. The predicted molar refractivity (Wildman–Crippen MR) is 68.3 cm³/mol. The normalized spacial score (nSPS) is 12.8. The van der Waals surface area contributed by atoms with Gasteiger partial charge in [-0.2, -0.15) is 0 Å². The molecule has 90 valence electrons. The molecule has 0 aliphatic heterocycles. The molecular formula is C14H24NO+. The Morgan fingerprint density at radius 1 is 1.25 bits per heavy atom. The zero-order valence-corrected chi connectivity index (χ0v) is 10.9. The summed E-state index contributed by atoms with van der Waals surface area (Å²) in [5.41, 5.74) is 1.33. The van der Waals surface area contributed by atoms with E-state index in [0.29, 0.717) is 5.92 Å². The van der Waals surface area contributed by atoms with E-state index in [4.69, 9.17) is 4.74 Å². The number of ether oxygens (including phenoxy) is 1. The van der Waals surface area contributed by atoms with Crippen LogP contribution in [0.2, 0.25) is 0 Å². The number of benzene rings is 1. The first-order valence-corrected chi connectivity index (χ1v) is 6.16. The molecule has 0 heterocycles. The zero-order valence-electron chi connectivity index (χ0n) is 10.9. The summed E-state index contributed by atoms with van der Waals surface area (Å²) in [7, 11) is 4.29. The van der Waals surface area contributed by atoms with Crippen molar-refractivity contribution in [1.29, 1.82) is 0 Å². The molecule has 1 aromatic rings. The minimum absolute atomic E-state index is 0.572. The van der Waals surface area contributed by atoms with Gasteiger partial charge in [0.1, 0.15) is 18.9 Å². The standard InChI is InChI=1S/C14H23NO/c1-5-12(2)13-8-6-7-9-14(13)16-11-10-15(3)4/h6-9,12H,5,10-11H2,1-4H3/p+1/t12-/m1/s1. The average Bonchev–Trinajstić information content (AvgIpc) is 2.28. The van der Waals surface area contributed by atoms with E-state index in [2.05, 4.69) is 46.1 Å². The molecule has 0 radical (unpaired) electrons. The Balaban J connectivity index is 2.64. The largest absolute Gasteiger partial charge is 0.487 e. The van der Waals surface area contributed by atoms with Crippen LogP contribution in [0.25, 0.3) is 0 Å². The lowest BCUT2D eigenvalue weighted by molar-refractivity contribution is -0.858. The topological polar surface area (TPSA) is 13.7 Å². The molecule has 0 amide bonds. The van der Waals surface area contributed by atoms with Crippen LogP contribution in [-0.2, 0) is 0 Å². The fraction of sp³-hybridized carbons (Fsp3) is 0.571. The van der Waals surface area contributed by atoms with Crippen molar-refractivity contribution < 1.29 is 9.64 Å². The van der Waals surface area contributed by atoms with Crippen LogP contribution >= 0.6 is 0 Å². The van der Waals surface area contributed by atoms with Gasteiger partial charge < -0.3 is 9.64 Å². The van der Waals surface area contributed by atoms with Crippen molar-refractivity contribution in [1.82, 2.24) is 0 Å². The molecule has 0 aliphatic rings. The lowest BCUT2D eigenvalue weighted by atomic mass is 9.98. The summed E-state index contributed by atoms with van der Waals surface area (Å²) in [5.74, 6) is 1.63. The van der Waals surface area contributed by atoms with Crippen LogP contribution in [0, 0.1) is 0 Å². The Morgan fingerprint density at radius 2 is 1.94 bits per heavy atom. The molecule has 0 aromatic heterocycles. The van der Waals surface area contributed by atoms with Crippen LogP contribution < -0.4 is 9.64 Å². The Morgan fingerprint density at radius 3 is 2.56 bits per heavy atom. The van der Waals surface area contributed by atoms with Crippen LogP contribution in [0.15, 0.2) is 24.3 Å². The van der Waals surface area contributed by atoms with E-state index >= 15 is 0 Å². The second-order valence-electron chi connectivity index (χ2n) is 4.65. The highest BCUT2D eigenvalue weighted by Gasteiger charge is 2.09. The van der Waals surface area contributed by atoms with Gasteiger partial charge in [-0.3, -0.25) is 0 Å². The average molecular weight is 222 g/mol. The van der Waals surface area contributed by atoms with Gasteiger partial charge >= 0.3 is 0 Å². The molecule has 0 fully saturated rings. The van der Waals surface area contributed by atoms with Gasteiger partial charge in [0, 0.05) is 0 Å². The lowest BCUT2D eigenvalue weighted by Crippen LogP contribution is -3.06. The molecule has 1 aromatic carbocycles. The molecular weight excluding hydrogens is 198 g/mol. The van der Waals surface area contributed by atoms with E-state index < -0.39 is 0 Å². The van der Waals surface area contributed by atoms with E-state index in [0.717, 1.165) is 25.3 Å². The Kier molecular flexibility index (Phi) is 5.33. The van der Waals surface area contributed by atoms with Crippen molar-refractivity contribution >= 4 is 0 Å². The van der Waals surface area contributed by atoms with Crippen molar-refractivity contribution in [2.75, 3.05) is 27.2 Å². The molecule has 1 atom stereocenters. The second-order valence-corrected chi connectivity index (χ2v) is 4.65. The summed E-state index contributed by atoms with van der Waals surface area (Å²) >= 11 is 0. The van der Waals surface area contributed by atoms with Crippen molar-refractivity contribution in [3.63, 3.8) is 0 Å². The predicted octanol–water partition coefficient (Wildman–Crippen LogP) is 1.72. The van der Waals surface area contributed by atoms with Crippen LogP contribution in [0.4, 0.5) is 0 Å². The summed E-state index contributed by atoms with van der Waals surface area (Å²) in [6.07, 6.45) is 1.15. The molecule has 1 N–H and O–H groups in total. The van der Waals surface area contributed by atoms with Crippen molar-refractivity contribution in [3.05, 3.63) is 29.8 Å². The highest BCUT2D eigenvalue weighted by molar-refractivity contribution is 5.35. The van der Waals surface area contributed by atoms with E-state index in [1.165, 1.54) is 10.5 Å². The highest BCUT2D eigenvalue weighted by Crippen LogP contribution is 2.28. The minimum Gasteiger partial charge on any atom is -0.487 e. The molecule has 2 heteroatoms. The van der Waals surface area contributed by atoms with Crippen LogP contribution in [0.5, 0.6) is 5.75 Å². The van der Waals surface area contributed by atoms with Crippen LogP contribution in [0.3, 0.4) is 0 Å². The zero-order chi connectivity index (χ0) is 12.0. The van der Waals surface area contributed by atoms with Crippen molar-refractivity contribution in [2.45, 2.75) is 26.2 Å². The Hall–Kier alpha value is -1.02. The number of hydrogen-bond acceptors (Lipinski definition) is 1. The molecule has 0 saturated carbocycles. The number of hydrogen-bond donors (Lipinski definition) is 1. The first-order valence-electron chi connectivity index (χ1n) is 6.16. The maximum atomic E-state index is 5.85. The maximum absolute atomic E-state index is 5.85. The van der Waals surface area contributed by atoms with Gasteiger partial charge in [0.25, 0.3) is 0 Å². The molecule has 2 nitrogen and oxygen atoms in total. The number of para-hydroxylation sites is 1. The van der Waals surface area contributed by atoms with Gasteiger partial charge in [0.2, 0.25) is 0 Å². The summed E-state index contributed by atoms with van der Waals surface area (Å²) in [6.45, 7) is 6.29. The third kappa shape index (κ3) is 3.86. The quantitative estimate of drug-likeness (QED) is 0.774. The van der Waals surface area contributed by atoms with Crippen molar-refractivity contribution in [2.24, 2.45) is 0 Å². The van der Waals surface area contributed by atoms with Gasteiger partial charge in [0.05, 0.1) is 14.1 Å². The van der Waals surface area contributed by atoms with Gasteiger partial charge in [-0.1, -0.05) is 32.0 Å². The Labute approximate surface area is 99.2 Å². The second kappa shape index (κ2) is 6.54. The third-order valence-electron chi connectivity index (χ3n) is 2.92. The highest BCUT2D eigenvalue weighted by atomic mass is 16.5. The van der Waals surface area contributed by atoms with Crippen molar-refractivity contribution in [3.8, 4) is 5.75 Å². The minimum atomic E-state index is 0.572. The summed E-state index contributed by atoms with van der Waals surface area (Å²) in [5, 5.41) is 0. The smallest absolute Gasteiger partial charge is 0.137 e. The van der Waals surface area contributed by atoms with Gasteiger partial charge in [-0.15, -0.1) is 0 Å². The number of quaternary nitrogens is 1. The molecule has 0 spiro atoms. The molecule has 1 rings (SSSR count). The maximum Gasteiger partial charge on any atom is 0.137 e. The summed E-state index contributed by atoms with van der Waals surface area (Å²) < 4.78 is 5.85. The first kappa shape index (κ1) is 13.0. The first-order chi connectivity index (χ1) is 7.65. The molecule has 0 saturated heterocycles. The van der Waals surface area contributed by atoms with E-state index in [1.54, 1.807) is 0 Å². The van der Waals surface area contributed by atoms with E-state index in [-0.39, 0.29) is 0 Å². The molecule has 0 aliphatic carbocycles. The fourth-order valence-electron chi connectivity index (χ4n) is 1.60. The van der Waals surface area contributed by atoms with Gasteiger partial charge in [-0.05, 0) is 24.0 Å². The SMILES string of the molecule is CC[C@@H](C)c1ccccc1OCC[NH+](C)C. The summed E-state index contributed by atoms with van der Waals surface area (Å²) in [6, 6.07) is 8.38. The molecule has 16 heavy (non-hydrogen) atoms. The van der Waals surface area contributed by atoms with E-state index in [9.17, 15) is 0 Å². The third-order valence-corrected chi connectivity index (χ3v) is 2.92. The van der Waals surface area contributed by atoms with Crippen LogP contribution in [0.1, 0.15) is 31.7 Å². The molecule has 0 bridgehead atoms. The number of likely N-dealkylation sites (N-methyl/N-ethyl adjacent to an activating group) is 1. The fourth-order valence-corrected chi connectivity index (χ4v) is 1.60. The number of nitrogens with one attached hydrogen (secondary N) is 1. The van der Waals surface area contributed by atoms with Gasteiger partial charge in [-0.25, -0.2) is 0 Å². The van der Waals surface area contributed by atoms with Gasteiger partial charge in [0.15, 0.2) is 0 Å². The number of rotatable bonds is 6. The van der Waals surface area contributed by atoms with Crippen LogP contribution in [-0.4, -0.2) is 27.2 Å².